The van der Waals surface area contributed by atoms with Crippen molar-refractivity contribution in [3.63, 3.8) is 0 Å². The first-order valence-electron chi connectivity index (χ1n) is 33.8. The smallest absolute Gasteiger partial charge is 0.456 e. The molecule has 0 aromatic carbocycles. The molecular weight excluding hydrogens is 988 g/mol. The monoisotopic (exact) mass is 1120 g/mol. The maximum absolute atomic E-state index is 13.6. The van der Waals surface area contributed by atoms with Gasteiger partial charge in [-0.25, -0.2) is 4.57 Å². The van der Waals surface area contributed by atoms with E-state index < -0.39 is 20.0 Å². The van der Waals surface area contributed by atoms with Crippen LogP contribution in [-0.2, 0) is 27.9 Å². The molecule has 3 unspecified atom stereocenters. The van der Waals surface area contributed by atoms with Gasteiger partial charge in [0.2, 0.25) is 5.91 Å². The minimum atomic E-state index is -4.46. The second kappa shape index (κ2) is 58.4. The van der Waals surface area contributed by atoms with Crippen LogP contribution in [0.5, 0.6) is 0 Å². The van der Waals surface area contributed by atoms with Crippen LogP contribution in [0.15, 0.2) is 36.5 Å². The van der Waals surface area contributed by atoms with Crippen LogP contribution >= 0.6 is 7.82 Å². The molecule has 460 valence electrons. The summed E-state index contributed by atoms with van der Waals surface area (Å²) < 4.78 is 30.7. The second-order valence-electron chi connectivity index (χ2n) is 24.4. The van der Waals surface area contributed by atoms with Gasteiger partial charge in [0.25, 0.3) is 0 Å². The van der Waals surface area contributed by atoms with E-state index in [1.54, 1.807) is 0 Å². The average molecular weight is 1120 g/mol. The molecule has 78 heavy (non-hydrogen) atoms. The zero-order valence-electron chi connectivity index (χ0n) is 52.7. The van der Waals surface area contributed by atoms with Gasteiger partial charge in [-0.05, 0) is 51.0 Å². The zero-order valence-corrected chi connectivity index (χ0v) is 53.6. The van der Waals surface area contributed by atoms with Crippen molar-refractivity contribution in [3.8, 4) is 0 Å². The number of quaternary nitrogens is 1. The third-order valence-corrected chi connectivity index (χ3v) is 16.3. The van der Waals surface area contributed by atoms with Gasteiger partial charge in [-0.15, -0.1) is 0 Å². The van der Waals surface area contributed by atoms with Crippen molar-refractivity contribution >= 4 is 19.7 Å². The number of amides is 1. The van der Waals surface area contributed by atoms with Gasteiger partial charge in [-0.2, -0.15) is 0 Å². The molecule has 2 N–H and O–H groups in total. The molecule has 0 aliphatic rings. The highest BCUT2D eigenvalue weighted by molar-refractivity contribution is 7.47. The lowest BCUT2D eigenvalue weighted by Crippen LogP contribution is -2.47. The number of hydrogen-bond acceptors (Lipinski definition) is 6. The van der Waals surface area contributed by atoms with E-state index in [-0.39, 0.29) is 31.5 Å². The number of nitrogens with one attached hydrogen (secondary N) is 1. The van der Waals surface area contributed by atoms with Gasteiger partial charge >= 0.3 is 13.8 Å². The van der Waals surface area contributed by atoms with Gasteiger partial charge in [0.05, 0.1) is 33.8 Å². The number of unbranched alkanes of at least 4 members (excludes halogenated alkanes) is 42. The van der Waals surface area contributed by atoms with Crippen molar-refractivity contribution in [1.29, 1.82) is 0 Å². The Hall–Kier alpha value is -1.77. The molecule has 0 rings (SSSR count). The minimum absolute atomic E-state index is 0.0353. The fourth-order valence-electron chi connectivity index (χ4n) is 10.1. The average Bonchev–Trinajstić information content (AvgIpc) is 3.40. The Balaban J connectivity index is 4.99. The van der Waals surface area contributed by atoms with E-state index in [1.165, 1.54) is 244 Å². The molecular formula is C68H132N2O7P+. The Labute approximate surface area is 485 Å². The van der Waals surface area contributed by atoms with Crippen LogP contribution in [0, 0.1) is 0 Å². The van der Waals surface area contributed by atoms with Crippen molar-refractivity contribution in [2.24, 2.45) is 0 Å². The van der Waals surface area contributed by atoms with Gasteiger partial charge in [0.15, 0.2) is 0 Å². The van der Waals surface area contributed by atoms with Crippen LogP contribution in [0.25, 0.3) is 0 Å². The SMILES string of the molecule is CCCCCCCC/C=C\C/C=C/CCC(=O)OC(/C=C\CCCCCCCCCCCC)C(COP(=O)(O)OCC[N+](C)(C)C)NC(=O)CCCCCCCCCCCCCCCCCCCCCCCCCCCCC. The Morgan fingerprint density at radius 2 is 0.795 bits per heavy atom. The molecule has 0 spiro atoms. The normalized spacial score (nSPS) is 13.8. The lowest BCUT2D eigenvalue weighted by atomic mass is 10.0. The number of hydrogen-bond donors (Lipinski definition) is 2. The summed E-state index contributed by atoms with van der Waals surface area (Å²) in [5.41, 5.74) is 0. The number of carbonyl (C=O) groups is 2. The third-order valence-electron chi connectivity index (χ3n) is 15.3. The standard InChI is InChI=1S/C68H131N2O7P/c1-7-10-13-16-19-22-25-28-29-30-31-32-33-34-35-36-37-38-39-40-41-43-45-48-51-54-57-60-67(71)69-65(64-76-78(73,74)75-63-62-70(4,5)6)66(59-56-53-50-47-44-27-24-21-18-15-12-9-3)77-68(72)61-58-55-52-49-46-42-26-23-20-17-14-11-8-2/h42,46,52,55-56,59,65-66H,7-41,43-45,47-51,53-54,57-58,60-64H2,1-6H3,(H-,69,71,73,74)/p+1/b46-42-,55-52+,59-56-. The molecule has 0 saturated carbocycles. The third kappa shape index (κ3) is 58.9. The van der Waals surface area contributed by atoms with E-state index in [0.717, 1.165) is 51.4 Å². The molecule has 9 nitrogen and oxygen atoms in total. The Bertz CT molecular complexity index is 1430. The molecule has 3 atom stereocenters. The predicted octanol–water partition coefficient (Wildman–Crippen LogP) is 21.1. The number of likely N-dealkylation sites (N-methyl/N-ethyl adjacent to an activating group) is 1. The fraction of sp³-hybridized carbons (Fsp3) is 0.882. The first-order chi connectivity index (χ1) is 37.9. The Morgan fingerprint density at radius 3 is 1.18 bits per heavy atom. The number of ether oxygens (including phenoxy) is 1. The van der Waals surface area contributed by atoms with Gasteiger partial charge in [0.1, 0.15) is 19.3 Å². The van der Waals surface area contributed by atoms with E-state index >= 15 is 0 Å². The maximum atomic E-state index is 13.6. The maximum Gasteiger partial charge on any atom is 0.472 e. The van der Waals surface area contributed by atoms with E-state index in [9.17, 15) is 19.0 Å². The first kappa shape index (κ1) is 76.2. The molecule has 0 radical (unpaired) electrons. The molecule has 10 heteroatoms. The van der Waals surface area contributed by atoms with Crippen LogP contribution < -0.4 is 5.32 Å². The highest BCUT2D eigenvalue weighted by atomic mass is 31.2. The van der Waals surface area contributed by atoms with Gasteiger partial charge < -0.3 is 19.4 Å². The van der Waals surface area contributed by atoms with Crippen LogP contribution in [0.1, 0.15) is 335 Å². The summed E-state index contributed by atoms with van der Waals surface area (Å²) in [4.78, 5) is 37.7. The van der Waals surface area contributed by atoms with Crippen LogP contribution in [0.3, 0.4) is 0 Å². The number of esters is 1. The second-order valence-corrected chi connectivity index (χ2v) is 25.8. The van der Waals surface area contributed by atoms with Gasteiger partial charge in [-0.3, -0.25) is 18.6 Å². The van der Waals surface area contributed by atoms with Gasteiger partial charge in [0, 0.05) is 12.8 Å². The Morgan fingerprint density at radius 1 is 0.449 bits per heavy atom. The summed E-state index contributed by atoms with van der Waals surface area (Å²) in [6.07, 6.45) is 71.9. The number of rotatable bonds is 62. The number of allylic oxidation sites excluding steroid dienone is 5. The highest BCUT2D eigenvalue weighted by Gasteiger charge is 2.30. The molecule has 0 bridgehead atoms. The zero-order chi connectivity index (χ0) is 57.2. The summed E-state index contributed by atoms with van der Waals surface area (Å²) in [7, 11) is 1.48. The predicted molar refractivity (Wildman–Crippen MR) is 337 cm³/mol. The fourth-order valence-corrected chi connectivity index (χ4v) is 10.9. The summed E-state index contributed by atoms with van der Waals surface area (Å²) in [6, 6.07) is -0.867. The number of carbonyl (C=O) groups excluding carboxylic acids is 2. The molecule has 0 heterocycles. The molecule has 0 aliphatic heterocycles. The first-order valence-corrected chi connectivity index (χ1v) is 35.3. The highest BCUT2D eigenvalue weighted by Crippen LogP contribution is 2.43. The van der Waals surface area contributed by atoms with E-state index in [1.807, 2.05) is 39.4 Å². The van der Waals surface area contributed by atoms with Crippen molar-refractivity contribution in [3.05, 3.63) is 36.5 Å². The number of phosphoric acid groups is 1. The largest absolute Gasteiger partial charge is 0.472 e. The summed E-state index contributed by atoms with van der Waals surface area (Å²) in [6.45, 7) is 7.01. The van der Waals surface area contributed by atoms with Crippen LogP contribution in [0.2, 0.25) is 0 Å². The molecule has 1 amide bonds. The summed E-state index contributed by atoms with van der Waals surface area (Å²) in [5.74, 6) is -0.568. The molecule has 0 aromatic heterocycles. The molecule has 0 saturated heterocycles. The van der Waals surface area contributed by atoms with Crippen LogP contribution in [-0.4, -0.2) is 74.3 Å². The lowest BCUT2D eigenvalue weighted by Gasteiger charge is -2.27. The molecule has 0 aromatic rings. The Kier molecular flexibility index (Phi) is 57.1. The van der Waals surface area contributed by atoms with Crippen molar-refractivity contribution < 1.29 is 37.3 Å². The van der Waals surface area contributed by atoms with Crippen molar-refractivity contribution in [2.45, 2.75) is 348 Å². The van der Waals surface area contributed by atoms with E-state index in [2.05, 4.69) is 44.3 Å². The summed E-state index contributed by atoms with van der Waals surface area (Å²) in [5, 5.41) is 3.05. The van der Waals surface area contributed by atoms with E-state index in [4.69, 9.17) is 13.8 Å². The topological polar surface area (TPSA) is 111 Å². The molecule has 0 aliphatic carbocycles. The lowest BCUT2D eigenvalue weighted by molar-refractivity contribution is -0.870. The number of nitrogens with zero attached hydrogens (tertiary/aromatic N) is 1. The molecule has 0 fully saturated rings. The van der Waals surface area contributed by atoms with E-state index in [0.29, 0.717) is 23.9 Å². The minimum Gasteiger partial charge on any atom is -0.456 e. The van der Waals surface area contributed by atoms with Crippen molar-refractivity contribution in [1.82, 2.24) is 5.32 Å². The quantitative estimate of drug-likeness (QED) is 0.0205. The van der Waals surface area contributed by atoms with Gasteiger partial charge in [-0.1, -0.05) is 308 Å². The van der Waals surface area contributed by atoms with Crippen LogP contribution in [0.4, 0.5) is 0 Å². The number of phosphoric ester groups is 1. The van der Waals surface area contributed by atoms with Crippen molar-refractivity contribution in [2.75, 3.05) is 40.9 Å². The summed E-state index contributed by atoms with van der Waals surface area (Å²) >= 11 is 0.